The summed E-state index contributed by atoms with van der Waals surface area (Å²) in [5.74, 6) is 0.131. The van der Waals surface area contributed by atoms with E-state index in [0.717, 1.165) is 28.2 Å². The first-order chi connectivity index (χ1) is 8.69. The lowest BCUT2D eigenvalue weighted by Gasteiger charge is -2.09. The Morgan fingerprint density at radius 2 is 2.10 bits per heavy atom. The number of benzene rings is 1. The Morgan fingerprint density at radius 3 is 2.75 bits per heavy atom. The molecule has 0 fully saturated rings. The number of amides is 1. The molecule has 1 aromatic carbocycles. The summed E-state index contributed by atoms with van der Waals surface area (Å²) in [4.78, 5) is 13.3. The van der Waals surface area contributed by atoms with Crippen molar-refractivity contribution in [3.63, 3.8) is 0 Å². The molecule has 20 heavy (non-hydrogen) atoms. The van der Waals surface area contributed by atoms with Gasteiger partial charge in [0.25, 0.3) is 0 Å². The topological polar surface area (TPSA) is 75.0 Å². The number of carbonyl (C=O) groups is 1. The first-order valence-electron chi connectivity index (χ1n) is 5.83. The van der Waals surface area contributed by atoms with Crippen molar-refractivity contribution >= 4 is 36.4 Å². The molecule has 1 aliphatic rings. The van der Waals surface area contributed by atoms with E-state index in [-0.39, 0.29) is 30.7 Å². The van der Waals surface area contributed by atoms with Gasteiger partial charge in [0.2, 0.25) is 5.91 Å². The Hall–Kier alpha value is -1.56. The van der Waals surface area contributed by atoms with E-state index in [9.17, 15) is 4.79 Å². The molecule has 0 radical (unpaired) electrons. The summed E-state index contributed by atoms with van der Waals surface area (Å²) in [5, 5.41) is 7.10. The molecular formula is C13H16Cl2N4O. The SMILES string of the molecule is CN1C(=O)Cc2cc(-c3cc(CN)[nH]n3)ccc21.Cl.Cl. The van der Waals surface area contributed by atoms with Crippen LogP contribution < -0.4 is 10.6 Å². The second kappa shape index (κ2) is 6.26. The molecule has 1 amide bonds. The molecule has 2 heterocycles. The number of hydrogen-bond donors (Lipinski definition) is 2. The molecule has 108 valence electrons. The van der Waals surface area contributed by atoms with E-state index in [1.807, 2.05) is 24.3 Å². The van der Waals surface area contributed by atoms with Crippen molar-refractivity contribution in [3.8, 4) is 11.3 Å². The summed E-state index contributed by atoms with van der Waals surface area (Å²) in [5.41, 5.74) is 10.4. The number of halogens is 2. The Bertz CT molecular complexity index is 627. The van der Waals surface area contributed by atoms with E-state index in [0.29, 0.717) is 13.0 Å². The van der Waals surface area contributed by atoms with Gasteiger partial charge in [-0.15, -0.1) is 24.8 Å². The highest BCUT2D eigenvalue weighted by atomic mass is 35.5. The van der Waals surface area contributed by atoms with Crippen LogP contribution in [0.25, 0.3) is 11.3 Å². The minimum absolute atomic E-state index is 0. The molecule has 0 unspecified atom stereocenters. The summed E-state index contributed by atoms with van der Waals surface area (Å²) >= 11 is 0. The Labute approximate surface area is 129 Å². The third-order valence-electron chi connectivity index (χ3n) is 3.30. The second-order valence-corrected chi connectivity index (χ2v) is 4.46. The molecule has 0 saturated heterocycles. The smallest absolute Gasteiger partial charge is 0.231 e. The number of carbonyl (C=O) groups excluding carboxylic acids is 1. The predicted octanol–water partition coefficient (Wildman–Crippen LogP) is 1.90. The summed E-state index contributed by atoms with van der Waals surface area (Å²) in [7, 11) is 1.80. The van der Waals surface area contributed by atoms with E-state index in [1.165, 1.54) is 0 Å². The Balaban J connectivity index is 0.000001000. The number of likely N-dealkylation sites (N-methyl/N-ethyl adjacent to an activating group) is 1. The molecule has 1 aromatic heterocycles. The number of H-pyrrole nitrogens is 1. The van der Waals surface area contributed by atoms with E-state index in [1.54, 1.807) is 11.9 Å². The number of aromatic amines is 1. The van der Waals surface area contributed by atoms with E-state index >= 15 is 0 Å². The summed E-state index contributed by atoms with van der Waals surface area (Å²) < 4.78 is 0. The maximum atomic E-state index is 11.6. The number of aromatic nitrogens is 2. The fourth-order valence-corrected chi connectivity index (χ4v) is 2.24. The standard InChI is InChI=1S/C13H14N4O.2ClH/c1-17-12-3-2-8(4-9(12)5-13(17)18)11-6-10(7-14)15-16-11;;/h2-4,6H,5,7,14H2,1H3,(H,15,16);2*1H. The number of fused-ring (bicyclic) bond motifs is 1. The highest BCUT2D eigenvalue weighted by Gasteiger charge is 2.24. The zero-order valence-corrected chi connectivity index (χ0v) is 12.6. The third-order valence-corrected chi connectivity index (χ3v) is 3.30. The van der Waals surface area contributed by atoms with Gasteiger partial charge in [0, 0.05) is 30.5 Å². The van der Waals surface area contributed by atoms with Crippen molar-refractivity contribution in [3.05, 3.63) is 35.5 Å². The average molecular weight is 315 g/mol. The number of hydrogen-bond acceptors (Lipinski definition) is 3. The molecular weight excluding hydrogens is 299 g/mol. The van der Waals surface area contributed by atoms with Crippen LogP contribution >= 0.6 is 24.8 Å². The van der Waals surface area contributed by atoms with Gasteiger partial charge in [-0.2, -0.15) is 5.10 Å². The van der Waals surface area contributed by atoms with Crippen LogP contribution in [0.2, 0.25) is 0 Å². The third kappa shape index (κ3) is 2.65. The van der Waals surface area contributed by atoms with Gasteiger partial charge < -0.3 is 10.6 Å². The minimum atomic E-state index is 0. The number of nitrogens with two attached hydrogens (primary N) is 1. The molecule has 7 heteroatoms. The highest BCUT2D eigenvalue weighted by Crippen LogP contribution is 2.31. The van der Waals surface area contributed by atoms with Crippen LogP contribution in [0.4, 0.5) is 5.69 Å². The molecule has 0 aliphatic carbocycles. The number of anilines is 1. The molecule has 0 bridgehead atoms. The van der Waals surface area contributed by atoms with Crippen LogP contribution in [0.3, 0.4) is 0 Å². The molecule has 3 N–H and O–H groups in total. The van der Waals surface area contributed by atoms with Crippen molar-refractivity contribution in [2.45, 2.75) is 13.0 Å². The predicted molar refractivity (Wildman–Crippen MR) is 83.5 cm³/mol. The monoisotopic (exact) mass is 314 g/mol. The Kier molecular flexibility index (Phi) is 5.16. The maximum absolute atomic E-state index is 11.6. The van der Waals surface area contributed by atoms with Gasteiger partial charge >= 0.3 is 0 Å². The van der Waals surface area contributed by atoms with Gasteiger partial charge in [0.05, 0.1) is 12.1 Å². The molecule has 2 aromatic rings. The van der Waals surface area contributed by atoms with Gasteiger partial charge in [-0.3, -0.25) is 9.89 Å². The van der Waals surface area contributed by atoms with Gasteiger partial charge in [-0.25, -0.2) is 0 Å². The van der Waals surface area contributed by atoms with Crippen LogP contribution in [0, 0.1) is 0 Å². The largest absolute Gasteiger partial charge is 0.325 e. The lowest BCUT2D eigenvalue weighted by Crippen LogP contribution is -2.20. The fourth-order valence-electron chi connectivity index (χ4n) is 2.24. The molecule has 0 atom stereocenters. The quantitative estimate of drug-likeness (QED) is 0.889. The maximum Gasteiger partial charge on any atom is 0.231 e. The number of rotatable bonds is 2. The number of nitrogens with one attached hydrogen (secondary N) is 1. The van der Waals surface area contributed by atoms with Gasteiger partial charge in [0.1, 0.15) is 0 Å². The van der Waals surface area contributed by atoms with Crippen molar-refractivity contribution in [1.82, 2.24) is 10.2 Å². The highest BCUT2D eigenvalue weighted by molar-refractivity contribution is 6.01. The molecule has 3 rings (SSSR count). The molecule has 0 spiro atoms. The van der Waals surface area contributed by atoms with Gasteiger partial charge in [-0.1, -0.05) is 6.07 Å². The number of nitrogens with zero attached hydrogens (tertiary/aromatic N) is 2. The van der Waals surface area contributed by atoms with Crippen LogP contribution in [-0.2, 0) is 17.8 Å². The Morgan fingerprint density at radius 1 is 1.35 bits per heavy atom. The van der Waals surface area contributed by atoms with Crippen molar-refractivity contribution < 1.29 is 4.79 Å². The first kappa shape index (κ1) is 16.5. The molecule has 5 nitrogen and oxygen atoms in total. The van der Waals surface area contributed by atoms with Crippen molar-refractivity contribution in [1.29, 1.82) is 0 Å². The molecule has 0 saturated carbocycles. The summed E-state index contributed by atoms with van der Waals surface area (Å²) in [6.45, 7) is 0.444. The summed E-state index contributed by atoms with van der Waals surface area (Å²) in [6.07, 6.45) is 0.466. The summed E-state index contributed by atoms with van der Waals surface area (Å²) in [6, 6.07) is 7.90. The lowest BCUT2D eigenvalue weighted by atomic mass is 10.1. The minimum Gasteiger partial charge on any atom is -0.325 e. The van der Waals surface area contributed by atoms with Crippen LogP contribution in [0.15, 0.2) is 24.3 Å². The van der Waals surface area contributed by atoms with Gasteiger partial charge in [-0.05, 0) is 23.8 Å². The van der Waals surface area contributed by atoms with Crippen LogP contribution in [-0.4, -0.2) is 23.2 Å². The average Bonchev–Trinajstić information content (AvgIpc) is 2.95. The zero-order chi connectivity index (χ0) is 12.7. The first-order valence-corrected chi connectivity index (χ1v) is 5.83. The zero-order valence-electron chi connectivity index (χ0n) is 10.9. The van der Waals surface area contributed by atoms with E-state index in [4.69, 9.17) is 5.73 Å². The lowest BCUT2D eigenvalue weighted by molar-refractivity contribution is -0.117. The normalized spacial score (nSPS) is 12.7. The second-order valence-electron chi connectivity index (χ2n) is 4.46. The van der Waals surface area contributed by atoms with E-state index in [2.05, 4.69) is 10.2 Å². The van der Waals surface area contributed by atoms with Gasteiger partial charge in [0.15, 0.2) is 0 Å². The van der Waals surface area contributed by atoms with Crippen molar-refractivity contribution in [2.24, 2.45) is 5.73 Å². The van der Waals surface area contributed by atoms with Crippen LogP contribution in [0.1, 0.15) is 11.3 Å². The molecule has 1 aliphatic heterocycles. The van der Waals surface area contributed by atoms with Crippen LogP contribution in [0.5, 0.6) is 0 Å². The fraction of sp³-hybridized carbons (Fsp3) is 0.231. The van der Waals surface area contributed by atoms with Crippen molar-refractivity contribution in [2.75, 3.05) is 11.9 Å². The van der Waals surface area contributed by atoms with E-state index < -0.39 is 0 Å².